The van der Waals surface area contributed by atoms with Crippen LogP contribution < -0.4 is 5.73 Å². The molecular formula is C9H18N2. The maximum atomic E-state index is 7.59. The van der Waals surface area contributed by atoms with E-state index in [4.69, 9.17) is 11.1 Å². The van der Waals surface area contributed by atoms with Crippen LogP contribution in [0.15, 0.2) is 11.3 Å². The maximum Gasteiger partial charge on any atom is 0.0360 e. The molecule has 0 rings (SSSR count). The van der Waals surface area contributed by atoms with Gasteiger partial charge in [-0.3, -0.25) is 0 Å². The molecule has 0 aromatic heterocycles. The summed E-state index contributed by atoms with van der Waals surface area (Å²) in [5.74, 6) is 0. The zero-order chi connectivity index (χ0) is 8.85. The van der Waals surface area contributed by atoms with Crippen LogP contribution in [0.2, 0.25) is 0 Å². The van der Waals surface area contributed by atoms with E-state index in [-0.39, 0.29) is 0 Å². The Morgan fingerprint density at radius 2 is 1.91 bits per heavy atom. The molecule has 0 aliphatic carbocycles. The molecule has 0 aliphatic heterocycles. The van der Waals surface area contributed by atoms with E-state index in [2.05, 4.69) is 6.92 Å². The first-order chi connectivity index (χ1) is 5.13. The normalized spacial score (nSPS) is 12.6. The molecule has 0 saturated heterocycles. The minimum atomic E-state index is 0.687. The van der Waals surface area contributed by atoms with E-state index in [0.29, 0.717) is 5.71 Å². The molecule has 3 N–H and O–H groups in total. The van der Waals surface area contributed by atoms with Gasteiger partial charge in [-0.1, -0.05) is 20.3 Å². The lowest BCUT2D eigenvalue weighted by atomic mass is 10.0. The van der Waals surface area contributed by atoms with Crippen molar-refractivity contribution in [1.29, 1.82) is 5.41 Å². The van der Waals surface area contributed by atoms with Gasteiger partial charge in [0, 0.05) is 11.4 Å². The predicted molar refractivity (Wildman–Crippen MR) is 49.8 cm³/mol. The molecule has 0 bridgehead atoms. The molecular weight excluding hydrogens is 136 g/mol. The number of hydrogen-bond donors (Lipinski definition) is 2. The molecule has 2 nitrogen and oxygen atoms in total. The number of nitrogens with two attached hydrogens (primary N) is 1. The van der Waals surface area contributed by atoms with Gasteiger partial charge in [-0.15, -0.1) is 0 Å². The quantitative estimate of drug-likeness (QED) is 0.600. The summed E-state index contributed by atoms with van der Waals surface area (Å²) in [7, 11) is 0. The Labute approximate surface area is 69.0 Å². The van der Waals surface area contributed by atoms with E-state index < -0.39 is 0 Å². The first kappa shape index (κ1) is 10.2. The van der Waals surface area contributed by atoms with Gasteiger partial charge < -0.3 is 11.1 Å². The first-order valence-corrected chi connectivity index (χ1v) is 4.16. The third kappa shape index (κ3) is 3.21. The van der Waals surface area contributed by atoms with Gasteiger partial charge in [0.25, 0.3) is 0 Å². The van der Waals surface area contributed by atoms with Crippen molar-refractivity contribution in [2.75, 3.05) is 0 Å². The summed E-state index contributed by atoms with van der Waals surface area (Å²) in [5.41, 5.74) is 8.17. The Kier molecular flexibility index (Phi) is 4.59. The van der Waals surface area contributed by atoms with E-state index in [1.54, 1.807) is 0 Å². The second-order valence-electron chi connectivity index (χ2n) is 2.74. The Morgan fingerprint density at radius 3 is 2.18 bits per heavy atom. The fourth-order valence-electron chi connectivity index (χ4n) is 1.05. The van der Waals surface area contributed by atoms with Gasteiger partial charge in [-0.25, -0.2) is 0 Å². The molecule has 0 atom stereocenters. The smallest absolute Gasteiger partial charge is 0.0360 e. The van der Waals surface area contributed by atoms with Gasteiger partial charge in [-0.05, 0) is 25.3 Å². The van der Waals surface area contributed by atoms with Crippen molar-refractivity contribution < 1.29 is 0 Å². The summed E-state index contributed by atoms with van der Waals surface area (Å²) in [6.45, 7) is 5.96. The van der Waals surface area contributed by atoms with Crippen molar-refractivity contribution in [2.45, 2.75) is 40.0 Å². The third-order valence-corrected chi connectivity index (χ3v) is 1.69. The lowest BCUT2D eigenvalue weighted by Gasteiger charge is -2.07. The summed E-state index contributed by atoms with van der Waals surface area (Å²) in [5, 5.41) is 7.59. The van der Waals surface area contributed by atoms with Crippen LogP contribution in [0.1, 0.15) is 40.0 Å². The lowest BCUT2D eigenvalue weighted by Crippen LogP contribution is -2.07. The molecule has 0 fully saturated rings. The van der Waals surface area contributed by atoms with Crippen LogP contribution in [0, 0.1) is 5.41 Å². The van der Waals surface area contributed by atoms with E-state index in [0.717, 1.165) is 30.5 Å². The lowest BCUT2D eigenvalue weighted by molar-refractivity contribution is 0.911. The standard InChI is InChI=1S/C9H18N2/c1-4-6-8(7(3)10)9(11)5-2/h11H,4-6,10H2,1-3H3. The summed E-state index contributed by atoms with van der Waals surface area (Å²) in [6.07, 6.45) is 2.78. The topological polar surface area (TPSA) is 49.9 Å². The Hall–Kier alpha value is -0.790. The van der Waals surface area contributed by atoms with Gasteiger partial charge in [0.1, 0.15) is 0 Å². The zero-order valence-electron chi connectivity index (χ0n) is 7.70. The van der Waals surface area contributed by atoms with Crippen molar-refractivity contribution in [1.82, 2.24) is 0 Å². The summed E-state index contributed by atoms with van der Waals surface area (Å²) in [4.78, 5) is 0. The SMILES string of the molecule is CCCC(C(=N)CC)=C(C)N. The Bertz CT molecular complexity index is 164. The highest BCUT2D eigenvalue weighted by atomic mass is 14.6. The number of allylic oxidation sites excluding steroid dienone is 2. The zero-order valence-corrected chi connectivity index (χ0v) is 7.70. The van der Waals surface area contributed by atoms with Gasteiger partial charge in [0.15, 0.2) is 0 Å². The van der Waals surface area contributed by atoms with Crippen molar-refractivity contribution in [3.05, 3.63) is 11.3 Å². The van der Waals surface area contributed by atoms with Crippen LogP contribution >= 0.6 is 0 Å². The molecule has 0 aliphatic rings. The largest absolute Gasteiger partial charge is 0.402 e. The molecule has 11 heavy (non-hydrogen) atoms. The third-order valence-electron chi connectivity index (χ3n) is 1.69. The molecule has 0 amide bonds. The van der Waals surface area contributed by atoms with Gasteiger partial charge >= 0.3 is 0 Å². The monoisotopic (exact) mass is 154 g/mol. The second kappa shape index (κ2) is 4.94. The van der Waals surface area contributed by atoms with Crippen LogP contribution in [-0.4, -0.2) is 5.71 Å². The average Bonchev–Trinajstić information content (AvgIpc) is 1.98. The van der Waals surface area contributed by atoms with E-state index in [1.165, 1.54) is 0 Å². The van der Waals surface area contributed by atoms with Crippen LogP contribution in [0.3, 0.4) is 0 Å². The highest BCUT2D eigenvalue weighted by molar-refractivity contribution is 5.97. The average molecular weight is 154 g/mol. The minimum Gasteiger partial charge on any atom is -0.402 e. The van der Waals surface area contributed by atoms with Crippen molar-refractivity contribution >= 4 is 5.71 Å². The molecule has 0 saturated carbocycles. The number of hydrogen-bond acceptors (Lipinski definition) is 2. The molecule has 64 valence electrons. The molecule has 0 unspecified atom stereocenters. The Morgan fingerprint density at radius 1 is 1.36 bits per heavy atom. The maximum absolute atomic E-state index is 7.59. The van der Waals surface area contributed by atoms with Crippen LogP contribution in [0.25, 0.3) is 0 Å². The first-order valence-electron chi connectivity index (χ1n) is 4.16. The Balaban J connectivity index is 4.36. The van der Waals surface area contributed by atoms with Crippen LogP contribution in [0.5, 0.6) is 0 Å². The second-order valence-corrected chi connectivity index (χ2v) is 2.74. The van der Waals surface area contributed by atoms with Gasteiger partial charge in [0.05, 0.1) is 0 Å². The molecule has 0 heterocycles. The molecule has 0 spiro atoms. The molecule has 0 radical (unpaired) electrons. The summed E-state index contributed by atoms with van der Waals surface area (Å²) in [6, 6.07) is 0. The summed E-state index contributed by atoms with van der Waals surface area (Å²) >= 11 is 0. The summed E-state index contributed by atoms with van der Waals surface area (Å²) < 4.78 is 0. The molecule has 2 heteroatoms. The fraction of sp³-hybridized carbons (Fsp3) is 0.667. The van der Waals surface area contributed by atoms with Gasteiger partial charge in [-0.2, -0.15) is 0 Å². The highest BCUT2D eigenvalue weighted by Crippen LogP contribution is 2.10. The van der Waals surface area contributed by atoms with Crippen LogP contribution in [-0.2, 0) is 0 Å². The van der Waals surface area contributed by atoms with Crippen molar-refractivity contribution in [3.63, 3.8) is 0 Å². The van der Waals surface area contributed by atoms with E-state index >= 15 is 0 Å². The van der Waals surface area contributed by atoms with Crippen molar-refractivity contribution in [3.8, 4) is 0 Å². The van der Waals surface area contributed by atoms with Gasteiger partial charge in [0.2, 0.25) is 0 Å². The minimum absolute atomic E-state index is 0.687. The molecule has 0 aromatic rings. The number of rotatable bonds is 4. The highest BCUT2D eigenvalue weighted by Gasteiger charge is 2.03. The fourth-order valence-corrected chi connectivity index (χ4v) is 1.05. The van der Waals surface area contributed by atoms with Crippen LogP contribution in [0.4, 0.5) is 0 Å². The van der Waals surface area contributed by atoms with Crippen molar-refractivity contribution in [2.24, 2.45) is 5.73 Å². The van der Waals surface area contributed by atoms with E-state index in [9.17, 15) is 0 Å². The predicted octanol–water partition coefficient (Wildman–Crippen LogP) is 2.45. The number of nitrogens with one attached hydrogen (secondary N) is 1. The van der Waals surface area contributed by atoms with E-state index in [1.807, 2.05) is 13.8 Å². The molecule has 0 aromatic carbocycles.